The summed E-state index contributed by atoms with van der Waals surface area (Å²) < 4.78 is 0. The minimum absolute atomic E-state index is 0.00759. The number of nitrogens with two attached hydrogens (primary N) is 5. The van der Waals surface area contributed by atoms with Gasteiger partial charge in [0, 0.05) is 74.8 Å². The maximum Gasteiger partial charge on any atom is 0.243 e. The van der Waals surface area contributed by atoms with Gasteiger partial charge in [0.2, 0.25) is 53.2 Å². The number of imidazole rings is 1. The fourth-order valence-electron chi connectivity index (χ4n) is 9.33. The van der Waals surface area contributed by atoms with E-state index in [1.807, 2.05) is 54.6 Å². The molecule has 1 fully saturated rings. The number of para-hydroxylation sites is 1. The van der Waals surface area contributed by atoms with Crippen molar-refractivity contribution in [1.82, 2.24) is 57.5 Å². The third kappa shape index (κ3) is 18.8. The van der Waals surface area contributed by atoms with Gasteiger partial charge in [-0.15, -0.1) is 0 Å². The number of aliphatic imine (C=N–C) groups is 2. The quantitative estimate of drug-likeness (QED) is 0.0251. The van der Waals surface area contributed by atoms with Gasteiger partial charge in [0.25, 0.3) is 0 Å². The molecule has 1 aliphatic rings. The van der Waals surface area contributed by atoms with E-state index in [0.717, 1.165) is 21.7 Å². The lowest BCUT2D eigenvalue weighted by Gasteiger charge is -2.28. The molecule has 0 aliphatic carbocycles. The molecule has 0 saturated carbocycles. The van der Waals surface area contributed by atoms with E-state index < -0.39 is 102 Å². The lowest BCUT2D eigenvalue weighted by molar-refractivity contribution is -0.136. The van der Waals surface area contributed by atoms with Crippen LogP contribution in [0.25, 0.3) is 21.7 Å². The van der Waals surface area contributed by atoms with Crippen LogP contribution in [-0.2, 0) is 62.4 Å². The van der Waals surface area contributed by atoms with Crippen LogP contribution in [0.2, 0.25) is 0 Å². The van der Waals surface area contributed by atoms with E-state index in [0.29, 0.717) is 16.8 Å². The Morgan fingerprint density at radius 3 is 1.95 bits per heavy atom. The lowest BCUT2D eigenvalue weighted by atomic mass is 9.97. The SMILES string of the molecule is CC(=O)N[C@@H](CCCN=C(N)N)C(=O)N[C@H]1CC(=O)NCCCC[C@@H](C(N)=O)NC(=O)[C@H](Cc2c[nH]c3ccccc23)NC(=O)[C@H](CCCN=C(N)N)NC(=O)[C@@H](Cc2cccc3ccccc23)NC(=O)[C@H](Cc2cnc[nH]2)NC1=O. The van der Waals surface area contributed by atoms with Crippen LogP contribution in [-0.4, -0.2) is 142 Å². The summed E-state index contributed by atoms with van der Waals surface area (Å²) >= 11 is 0. The normalized spacial score (nSPS) is 20.5. The minimum Gasteiger partial charge on any atom is -0.370 e. The maximum absolute atomic E-state index is 15.1. The highest BCUT2D eigenvalue weighted by Crippen LogP contribution is 2.22. The standard InChI is InChI=1S/C54H72N18O9/c1-30(73)66-39(18-9-21-62-53(56)57)47(76)72-44-26-45(74)61-20-7-6-17-38(46(55)75)67-49(78)42(24-33-27-64-37-16-5-4-15-36(33)37)69-48(77)40(19-10-22-63-54(58)59)68-50(79)41(23-32-13-8-12-31-11-2-3-14-35(31)32)70-51(80)43(71-52(44)81)25-34-28-60-29-65-34/h2-5,8,11-16,27-29,38-44,64H,6-7,9-10,17-26H2,1H3,(H2,55,75)(H,60,65)(H,61,74)(H,66,73)(H,67,78)(H,68,79)(H,69,77)(H,70,80)(H,71,81)(H,72,76)(H4,56,57,62)(H4,58,59,63)/t38-,39-,40-,41+,42-,43-,44-/m0/s1. The van der Waals surface area contributed by atoms with Gasteiger partial charge < -0.3 is 81.2 Å². The molecule has 5 aromatic rings. The molecule has 9 amide bonds. The molecule has 1 saturated heterocycles. The summed E-state index contributed by atoms with van der Waals surface area (Å²) in [4.78, 5) is 145. The zero-order valence-corrected chi connectivity index (χ0v) is 44.9. The van der Waals surface area contributed by atoms with Gasteiger partial charge >= 0.3 is 0 Å². The summed E-state index contributed by atoms with van der Waals surface area (Å²) in [6.07, 6.45) is 4.15. The Kier molecular flexibility index (Phi) is 22.5. The van der Waals surface area contributed by atoms with E-state index in [-0.39, 0.29) is 95.8 Å². The molecule has 27 nitrogen and oxygen atoms in total. The molecule has 3 heterocycles. The van der Waals surface area contributed by atoms with Gasteiger partial charge in [-0.1, -0.05) is 60.7 Å². The Bertz CT molecular complexity index is 3070. The molecule has 0 radical (unpaired) electrons. The second-order valence-electron chi connectivity index (χ2n) is 19.7. The van der Waals surface area contributed by atoms with Crippen molar-refractivity contribution >= 4 is 86.8 Å². The number of hydrogen-bond donors (Lipinski definition) is 15. The molecule has 81 heavy (non-hydrogen) atoms. The number of hydrogen-bond acceptors (Lipinski definition) is 12. The van der Waals surface area contributed by atoms with Crippen molar-refractivity contribution in [3.8, 4) is 0 Å². The van der Waals surface area contributed by atoms with E-state index in [2.05, 4.69) is 67.5 Å². The van der Waals surface area contributed by atoms with Crippen LogP contribution >= 0.6 is 0 Å². The number of nitrogens with one attached hydrogen (secondary N) is 10. The molecule has 3 aromatic carbocycles. The molecule has 0 bridgehead atoms. The topological polar surface area (TPSA) is 449 Å². The maximum atomic E-state index is 15.1. The molecule has 6 rings (SSSR count). The van der Waals surface area contributed by atoms with Crippen molar-refractivity contribution < 1.29 is 43.2 Å². The summed E-state index contributed by atoms with van der Waals surface area (Å²) in [7, 11) is 0. The van der Waals surface area contributed by atoms with Crippen molar-refractivity contribution in [1.29, 1.82) is 0 Å². The van der Waals surface area contributed by atoms with Crippen LogP contribution in [0.5, 0.6) is 0 Å². The number of amides is 9. The first-order valence-electron chi connectivity index (χ1n) is 26.6. The molecule has 1 aliphatic heterocycles. The first-order chi connectivity index (χ1) is 38.8. The number of carbonyl (C=O) groups is 9. The largest absolute Gasteiger partial charge is 0.370 e. The summed E-state index contributed by atoms with van der Waals surface area (Å²) in [5, 5.41) is 23.9. The Labute approximate surface area is 466 Å². The summed E-state index contributed by atoms with van der Waals surface area (Å²) in [6, 6.07) is 10.3. The summed E-state index contributed by atoms with van der Waals surface area (Å²) in [6.45, 7) is 1.35. The molecule has 7 atom stereocenters. The van der Waals surface area contributed by atoms with Gasteiger partial charge in [-0.3, -0.25) is 53.1 Å². The second-order valence-corrected chi connectivity index (χ2v) is 19.7. The highest BCUT2D eigenvalue weighted by Gasteiger charge is 2.36. The second kappa shape index (κ2) is 30.0. The first kappa shape index (κ1) is 60.7. The highest BCUT2D eigenvalue weighted by atomic mass is 16.2. The predicted octanol–water partition coefficient (Wildman–Crippen LogP) is -2.23. The van der Waals surface area contributed by atoms with Gasteiger partial charge in [-0.05, 0) is 72.9 Å². The van der Waals surface area contributed by atoms with Crippen molar-refractivity contribution in [2.45, 2.75) is 120 Å². The van der Waals surface area contributed by atoms with Crippen LogP contribution in [0.15, 0.2) is 95.4 Å². The average molecular weight is 1120 g/mol. The monoisotopic (exact) mass is 1120 g/mol. The van der Waals surface area contributed by atoms with E-state index in [4.69, 9.17) is 28.7 Å². The summed E-state index contributed by atoms with van der Waals surface area (Å²) in [5.74, 6) is -7.69. The number of aromatic amines is 2. The van der Waals surface area contributed by atoms with Crippen LogP contribution in [0.1, 0.15) is 75.1 Å². The molecule has 20 N–H and O–H groups in total. The Hall–Kier alpha value is -9.56. The van der Waals surface area contributed by atoms with Crippen molar-refractivity contribution in [3.63, 3.8) is 0 Å². The van der Waals surface area contributed by atoms with Crippen molar-refractivity contribution in [2.24, 2.45) is 38.7 Å². The first-order valence-corrected chi connectivity index (χ1v) is 26.6. The van der Waals surface area contributed by atoms with Crippen LogP contribution in [0.4, 0.5) is 0 Å². The molecule has 27 heteroatoms. The predicted molar refractivity (Wildman–Crippen MR) is 302 cm³/mol. The zero-order valence-electron chi connectivity index (χ0n) is 44.9. The zero-order chi connectivity index (χ0) is 58.4. The molecular weight excluding hydrogens is 1040 g/mol. The fraction of sp³-hybridized carbons (Fsp3) is 0.407. The number of fused-ring (bicyclic) bond motifs is 2. The highest BCUT2D eigenvalue weighted by molar-refractivity contribution is 5.99. The van der Waals surface area contributed by atoms with Gasteiger partial charge in [0.1, 0.15) is 42.3 Å². The number of rotatable bonds is 18. The number of carbonyl (C=O) groups excluding carboxylic acids is 9. The average Bonchev–Trinajstić information content (AvgIpc) is 4.29. The molecular formula is C54H72N18O9. The van der Waals surface area contributed by atoms with Gasteiger partial charge in [-0.2, -0.15) is 0 Å². The fourth-order valence-corrected chi connectivity index (χ4v) is 9.33. The molecule has 0 spiro atoms. The van der Waals surface area contributed by atoms with E-state index in [9.17, 15) is 38.4 Å². The van der Waals surface area contributed by atoms with Crippen LogP contribution in [0, 0.1) is 0 Å². The number of H-pyrrole nitrogens is 2. The molecule has 2 aromatic heterocycles. The molecule has 432 valence electrons. The van der Waals surface area contributed by atoms with E-state index in [1.54, 1.807) is 18.3 Å². The minimum atomic E-state index is -1.66. The Morgan fingerprint density at radius 1 is 0.667 bits per heavy atom. The number of benzene rings is 3. The van der Waals surface area contributed by atoms with E-state index in [1.165, 1.54) is 19.4 Å². The molecule has 0 unspecified atom stereocenters. The van der Waals surface area contributed by atoms with E-state index >= 15 is 4.79 Å². The number of nitrogens with zero attached hydrogens (tertiary/aromatic N) is 3. The van der Waals surface area contributed by atoms with Crippen LogP contribution < -0.4 is 71.2 Å². The number of primary amides is 1. The lowest BCUT2D eigenvalue weighted by Crippen LogP contribution is -2.61. The Morgan fingerprint density at radius 2 is 1.27 bits per heavy atom. The third-order valence-electron chi connectivity index (χ3n) is 13.4. The smallest absolute Gasteiger partial charge is 0.243 e. The van der Waals surface area contributed by atoms with Gasteiger partial charge in [-0.25, -0.2) is 4.98 Å². The van der Waals surface area contributed by atoms with Crippen molar-refractivity contribution in [2.75, 3.05) is 19.6 Å². The Balaban J connectivity index is 1.41. The van der Waals surface area contributed by atoms with Gasteiger partial charge in [0.15, 0.2) is 11.9 Å². The number of aromatic nitrogens is 3. The summed E-state index contributed by atoms with van der Waals surface area (Å²) in [5.41, 5.74) is 30.4. The third-order valence-corrected chi connectivity index (χ3v) is 13.4. The number of guanidine groups is 2. The van der Waals surface area contributed by atoms with Crippen LogP contribution in [0.3, 0.4) is 0 Å². The van der Waals surface area contributed by atoms with Gasteiger partial charge in [0.05, 0.1) is 12.7 Å². The van der Waals surface area contributed by atoms with Crippen molar-refractivity contribution in [3.05, 3.63) is 102 Å².